The van der Waals surface area contributed by atoms with Crippen molar-refractivity contribution in [2.45, 2.75) is 4.90 Å². The van der Waals surface area contributed by atoms with Crippen molar-refractivity contribution in [3.63, 3.8) is 0 Å². The Morgan fingerprint density at radius 3 is 2.85 bits per heavy atom. The summed E-state index contributed by atoms with van der Waals surface area (Å²) in [5.74, 6) is 0. The Bertz CT molecular complexity index is 879. The molecule has 102 valence electrons. The molecule has 0 bridgehead atoms. The highest BCUT2D eigenvalue weighted by Crippen LogP contribution is 2.26. The number of rotatable bonds is 3. The van der Waals surface area contributed by atoms with E-state index >= 15 is 0 Å². The fourth-order valence-corrected chi connectivity index (χ4v) is 3.70. The molecule has 1 aromatic carbocycles. The minimum Gasteiger partial charge on any atom is -0.277 e. The Hall–Kier alpha value is -1.77. The molecule has 0 saturated carbocycles. The van der Waals surface area contributed by atoms with Crippen LogP contribution in [-0.2, 0) is 10.0 Å². The van der Waals surface area contributed by atoms with E-state index in [2.05, 4.69) is 18.5 Å². The van der Waals surface area contributed by atoms with Crippen molar-refractivity contribution in [3.8, 4) is 0 Å². The van der Waals surface area contributed by atoms with Crippen LogP contribution in [0.5, 0.6) is 0 Å². The first-order chi connectivity index (χ1) is 9.58. The SMILES string of the molecule is O=S(=O)(Nc1cccc2nsnc12)c1cnccc1Cl. The van der Waals surface area contributed by atoms with E-state index in [0.717, 1.165) is 11.7 Å². The van der Waals surface area contributed by atoms with Crippen LogP contribution in [0, 0.1) is 0 Å². The quantitative estimate of drug-likeness (QED) is 0.799. The molecule has 3 rings (SSSR count). The molecule has 0 saturated heterocycles. The van der Waals surface area contributed by atoms with Gasteiger partial charge in [-0.05, 0) is 18.2 Å². The summed E-state index contributed by atoms with van der Waals surface area (Å²) in [4.78, 5) is 3.69. The van der Waals surface area contributed by atoms with Crippen LogP contribution in [0.25, 0.3) is 11.0 Å². The Morgan fingerprint density at radius 2 is 2.05 bits per heavy atom. The summed E-state index contributed by atoms with van der Waals surface area (Å²) in [6.07, 6.45) is 2.62. The molecule has 0 aliphatic carbocycles. The van der Waals surface area contributed by atoms with Crippen molar-refractivity contribution in [3.05, 3.63) is 41.7 Å². The first-order valence-corrected chi connectivity index (χ1v) is 8.01. The van der Waals surface area contributed by atoms with E-state index in [1.807, 2.05) is 0 Å². The maximum absolute atomic E-state index is 12.3. The first kappa shape index (κ1) is 13.2. The zero-order chi connectivity index (χ0) is 14.2. The molecule has 0 aliphatic heterocycles. The second-order valence-electron chi connectivity index (χ2n) is 3.85. The lowest BCUT2D eigenvalue weighted by molar-refractivity contribution is 0.601. The molecule has 0 amide bonds. The average molecular weight is 327 g/mol. The van der Waals surface area contributed by atoms with Crippen LogP contribution in [0.1, 0.15) is 0 Å². The molecule has 20 heavy (non-hydrogen) atoms. The fraction of sp³-hybridized carbons (Fsp3) is 0. The first-order valence-electron chi connectivity index (χ1n) is 5.41. The molecule has 3 aromatic rings. The smallest absolute Gasteiger partial charge is 0.264 e. The fourth-order valence-electron chi connectivity index (χ4n) is 1.65. The van der Waals surface area contributed by atoms with E-state index < -0.39 is 10.0 Å². The van der Waals surface area contributed by atoms with Crippen molar-refractivity contribution in [2.75, 3.05) is 4.72 Å². The molecule has 0 radical (unpaired) electrons. The molecule has 0 atom stereocenters. The van der Waals surface area contributed by atoms with Gasteiger partial charge in [0.05, 0.1) is 22.4 Å². The monoisotopic (exact) mass is 326 g/mol. The number of hydrogen-bond acceptors (Lipinski definition) is 6. The van der Waals surface area contributed by atoms with Crippen molar-refractivity contribution in [2.24, 2.45) is 0 Å². The van der Waals surface area contributed by atoms with Gasteiger partial charge in [-0.2, -0.15) is 8.75 Å². The molecular weight excluding hydrogens is 320 g/mol. The number of benzene rings is 1. The van der Waals surface area contributed by atoms with Crippen LogP contribution in [-0.4, -0.2) is 22.1 Å². The van der Waals surface area contributed by atoms with Gasteiger partial charge >= 0.3 is 0 Å². The highest BCUT2D eigenvalue weighted by molar-refractivity contribution is 7.92. The van der Waals surface area contributed by atoms with Crippen LogP contribution in [0.4, 0.5) is 5.69 Å². The summed E-state index contributed by atoms with van der Waals surface area (Å²) in [6, 6.07) is 6.49. The van der Waals surface area contributed by atoms with Gasteiger partial charge < -0.3 is 0 Å². The molecular formula is C11H7ClN4O2S2. The van der Waals surface area contributed by atoms with Crippen molar-refractivity contribution in [1.29, 1.82) is 0 Å². The molecule has 9 heteroatoms. The lowest BCUT2D eigenvalue weighted by Gasteiger charge is -2.08. The molecule has 0 fully saturated rings. The Labute approximate surface area is 123 Å². The zero-order valence-corrected chi connectivity index (χ0v) is 12.2. The average Bonchev–Trinajstić information content (AvgIpc) is 2.88. The Kier molecular flexibility index (Phi) is 3.28. The zero-order valence-electron chi connectivity index (χ0n) is 9.82. The van der Waals surface area contributed by atoms with Crippen LogP contribution in [0.15, 0.2) is 41.6 Å². The highest BCUT2D eigenvalue weighted by Gasteiger charge is 2.19. The van der Waals surface area contributed by atoms with Crippen LogP contribution >= 0.6 is 23.3 Å². The van der Waals surface area contributed by atoms with E-state index in [-0.39, 0.29) is 9.92 Å². The van der Waals surface area contributed by atoms with Crippen LogP contribution in [0.3, 0.4) is 0 Å². The third-order valence-electron chi connectivity index (χ3n) is 2.55. The minimum absolute atomic E-state index is 0.0816. The molecule has 0 aliphatic rings. The van der Waals surface area contributed by atoms with E-state index in [1.54, 1.807) is 18.2 Å². The summed E-state index contributed by atoms with van der Waals surface area (Å²) in [6.45, 7) is 0. The summed E-state index contributed by atoms with van der Waals surface area (Å²) in [5, 5.41) is 0.107. The van der Waals surface area contributed by atoms with Gasteiger partial charge in [-0.15, -0.1) is 0 Å². The summed E-state index contributed by atoms with van der Waals surface area (Å²) >= 11 is 6.91. The number of nitrogens with one attached hydrogen (secondary N) is 1. The number of fused-ring (bicyclic) bond motifs is 1. The third kappa shape index (κ3) is 2.33. The molecule has 0 unspecified atom stereocenters. The van der Waals surface area contributed by atoms with Gasteiger partial charge in [-0.3, -0.25) is 9.71 Å². The topological polar surface area (TPSA) is 84.8 Å². The van der Waals surface area contributed by atoms with Crippen LogP contribution in [0.2, 0.25) is 5.02 Å². The largest absolute Gasteiger partial charge is 0.277 e. The number of aromatic nitrogens is 3. The number of sulfonamides is 1. The molecule has 6 nitrogen and oxygen atoms in total. The number of hydrogen-bond donors (Lipinski definition) is 1. The lowest BCUT2D eigenvalue weighted by Crippen LogP contribution is -2.14. The maximum Gasteiger partial charge on any atom is 0.264 e. The maximum atomic E-state index is 12.3. The predicted octanol–water partition coefficient (Wildman–Crippen LogP) is 2.54. The normalized spacial score (nSPS) is 11.7. The standard InChI is InChI=1S/C11H7ClN4O2S2/c12-7-4-5-13-6-10(7)20(17,18)16-9-3-1-2-8-11(9)15-19-14-8/h1-6,16H. The van der Waals surface area contributed by atoms with Gasteiger partial charge in [0.2, 0.25) is 0 Å². The van der Waals surface area contributed by atoms with Gasteiger partial charge in [0.25, 0.3) is 10.0 Å². The third-order valence-corrected chi connectivity index (χ3v) is 4.93. The van der Waals surface area contributed by atoms with Gasteiger partial charge in [0.15, 0.2) is 0 Å². The van der Waals surface area contributed by atoms with Gasteiger partial charge in [0.1, 0.15) is 15.9 Å². The number of halogens is 1. The van der Waals surface area contributed by atoms with Gasteiger partial charge in [-0.25, -0.2) is 8.42 Å². The Balaban J connectivity index is 2.06. The minimum atomic E-state index is -3.82. The summed E-state index contributed by atoms with van der Waals surface area (Å²) in [7, 11) is -3.82. The molecule has 0 spiro atoms. The molecule has 2 heterocycles. The summed E-state index contributed by atoms with van der Waals surface area (Å²) in [5.41, 5.74) is 1.49. The summed E-state index contributed by atoms with van der Waals surface area (Å²) < 4.78 is 35.2. The number of anilines is 1. The number of nitrogens with zero attached hydrogens (tertiary/aromatic N) is 3. The molecule has 2 aromatic heterocycles. The van der Waals surface area contributed by atoms with Crippen molar-refractivity contribution in [1.82, 2.24) is 13.7 Å². The predicted molar refractivity (Wildman–Crippen MR) is 77.5 cm³/mol. The van der Waals surface area contributed by atoms with Crippen LogP contribution < -0.4 is 4.72 Å². The van der Waals surface area contributed by atoms with Gasteiger partial charge in [0, 0.05) is 12.4 Å². The molecule has 1 N–H and O–H groups in total. The van der Waals surface area contributed by atoms with Crippen molar-refractivity contribution >= 4 is 50.1 Å². The lowest BCUT2D eigenvalue weighted by atomic mass is 10.3. The second kappa shape index (κ2) is 4.97. The van der Waals surface area contributed by atoms with Crippen molar-refractivity contribution < 1.29 is 8.42 Å². The van der Waals surface area contributed by atoms with Gasteiger partial charge in [-0.1, -0.05) is 17.7 Å². The second-order valence-corrected chi connectivity index (χ2v) is 6.44. The van der Waals surface area contributed by atoms with E-state index in [9.17, 15) is 8.42 Å². The van der Waals surface area contributed by atoms with E-state index in [1.165, 1.54) is 18.5 Å². The Morgan fingerprint density at radius 1 is 1.20 bits per heavy atom. The highest BCUT2D eigenvalue weighted by atomic mass is 35.5. The number of pyridine rings is 1. The van der Waals surface area contributed by atoms with E-state index in [0.29, 0.717) is 16.7 Å². The van der Waals surface area contributed by atoms with E-state index in [4.69, 9.17) is 11.6 Å².